The Kier molecular flexibility index (Phi) is 4.91. The lowest BCUT2D eigenvalue weighted by Crippen LogP contribution is -2.00. The Bertz CT molecular complexity index is 778. The van der Waals surface area contributed by atoms with E-state index < -0.39 is 0 Å². The van der Waals surface area contributed by atoms with Crippen LogP contribution in [-0.4, -0.2) is 15.5 Å². The second-order valence-electron chi connectivity index (χ2n) is 5.35. The molecule has 0 unspecified atom stereocenters. The fourth-order valence-electron chi connectivity index (χ4n) is 2.21. The number of hydrogen-bond donors (Lipinski definition) is 0. The molecule has 0 N–H and O–H groups in total. The number of ether oxygens (including phenoxy) is 2. The van der Waals surface area contributed by atoms with Gasteiger partial charge in [0, 0.05) is 25.0 Å². The average molecular weight is 322 g/mol. The van der Waals surface area contributed by atoms with E-state index >= 15 is 0 Å². The molecule has 24 heavy (non-hydrogen) atoms. The summed E-state index contributed by atoms with van der Waals surface area (Å²) in [6.07, 6.45) is 5.40. The Balaban J connectivity index is 1.54. The van der Waals surface area contributed by atoms with Crippen LogP contribution in [0.2, 0.25) is 0 Å². The number of carbonyl (C=O) groups excluding carboxylic acids is 1. The second kappa shape index (κ2) is 7.46. The molecule has 0 amide bonds. The van der Waals surface area contributed by atoms with E-state index in [1.165, 1.54) is 6.92 Å². The van der Waals surface area contributed by atoms with Crippen molar-refractivity contribution >= 4 is 5.97 Å². The highest BCUT2D eigenvalue weighted by molar-refractivity contribution is 5.65. The molecule has 0 aliphatic rings. The molecule has 0 saturated heterocycles. The van der Waals surface area contributed by atoms with Crippen molar-refractivity contribution in [3.63, 3.8) is 0 Å². The number of esters is 1. The minimum Gasteiger partial charge on any atom is -0.489 e. The van der Waals surface area contributed by atoms with Gasteiger partial charge in [0.15, 0.2) is 0 Å². The maximum absolute atomic E-state index is 10.8. The first-order valence-electron chi connectivity index (χ1n) is 7.63. The summed E-state index contributed by atoms with van der Waals surface area (Å²) in [5.74, 6) is 0.532. The monoisotopic (exact) mass is 322 g/mol. The van der Waals surface area contributed by atoms with E-state index in [0.29, 0.717) is 13.2 Å². The third-order valence-corrected chi connectivity index (χ3v) is 3.51. The van der Waals surface area contributed by atoms with Gasteiger partial charge in [0.1, 0.15) is 19.0 Å². The van der Waals surface area contributed by atoms with Crippen molar-refractivity contribution in [2.24, 2.45) is 0 Å². The Labute approximate surface area is 140 Å². The van der Waals surface area contributed by atoms with Crippen molar-refractivity contribution in [3.05, 3.63) is 78.4 Å². The summed E-state index contributed by atoms with van der Waals surface area (Å²) in [7, 11) is 0. The zero-order valence-corrected chi connectivity index (χ0v) is 13.4. The van der Waals surface area contributed by atoms with E-state index in [-0.39, 0.29) is 5.97 Å². The van der Waals surface area contributed by atoms with Gasteiger partial charge in [-0.2, -0.15) is 0 Å². The van der Waals surface area contributed by atoms with Gasteiger partial charge in [-0.25, -0.2) is 4.98 Å². The van der Waals surface area contributed by atoms with Gasteiger partial charge in [0.05, 0.1) is 6.33 Å². The molecule has 5 heteroatoms. The fraction of sp³-hybridized carbons (Fsp3) is 0.158. The summed E-state index contributed by atoms with van der Waals surface area (Å²) in [5.41, 5.74) is 3.05. The molecule has 3 aromatic rings. The van der Waals surface area contributed by atoms with Crippen LogP contribution in [0, 0.1) is 0 Å². The first-order chi connectivity index (χ1) is 11.7. The summed E-state index contributed by atoms with van der Waals surface area (Å²) in [6.45, 7) is 2.19. The van der Waals surface area contributed by atoms with Crippen molar-refractivity contribution < 1.29 is 14.3 Å². The average Bonchev–Trinajstić information content (AvgIpc) is 3.14. The SMILES string of the molecule is CC(=O)OCc1ccc(COc2ccc(-n3ccnc3)cc2)cc1. The smallest absolute Gasteiger partial charge is 0.302 e. The van der Waals surface area contributed by atoms with E-state index in [1.807, 2.05) is 59.3 Å². The van der Waals surface area contributed by atoms with Crippen molar-refractivity contribution in [2.45, 2.75) is 20.1 Å². The maximum Gasteiger partial charge on any atom is 0.302 e. The number of rotatable bonds is 6. The van der Waals surface area contributed by atoms with E-state index in [1.54, 1.807) is 12.5 Å². The normalized spacial score (nSPS) is 10.4. The van der Waals surface area contributed by atoms with Crippen LogP contribution in [0.5, 0.6) is 5.75 Å². The van der Waals surface area contributed by atoms with E-state index in [4.69, 9.17) is 9.47 Å². The topological polar surface area (TPSA) is 53.4 Å². The molecule has 5 nitrogen and oxygen atoms in total. The second-order valence-corrected chi connectivity index (χ2v) is 5.35. The number of aromatic nitrogens is 2. The van der Waals surface area contributed by atoms with Crippen LogP contribution >= 0.6 is 0 Å². The number of imidazole rings is 1. The van der Waals surface area contributed by atoms with E-state index in [9.17, 15) is 4.79 Å². The van der Waals surface area contributed by atoms with Gasteiger partial charge in [0.25, 0.3) is 0 Å². The predicted molar refractivity (Wildman–Crippen MR) is 89.8 cm³/mol. The van der Waals surface area contributed by atoms with Gasteiger partial charge in [-0.15, -0.1) is 0 Å². The Morgan fingerprint density at radius 2 is 1.67 bits per heavy atom. The molecule has 0 bridgehead atoms. The van der Waals surface area contributed by atoms with Gasteiger partial charge in [-0.3, -0.25) is 4.79 Å². The largest absolute Gasteiger partial charge is 0.489 e. The molecule has 0 fully saturated rings. The van der Waals surface area contributed by atoms with Crippen LogP contribution in [0.15, 0.2) is 67.3 Å². The first-order valence-corrected chi connectivity index (χ1v) is 7.63. The zero-order valence-electron chi connectivity index (χ0n) is 13.4. The quantitative estimate of drug-likeness (QED) is 0.652. The highest BCUT2D eigenvalue weighted by Gasteiger charge is 2.00. The molecule has 122 valence electrons. The van der Waals surface area contributed by atoms with Crippen LogP contribution in [-0.2, 0) is 22.7 Å². The highest BCUT2D eigenvalue weighted by Crippen LogP contribution is 2.17. The maximum atomic E-state index is 10.8. The number of hydrogen-bond acceptors (Lipinski definition) is 4. The van der Waals surface area contributed by atoms with Gasteiger partial charge in [-0.1, -0.05) is 24.3 Å². The molecule has 0 radical (unpaired) electrons. The Hall–Kier alpha value is -3.08. The third-order valence-electron chi connectivity index (χ3n) is 3.51. The minimum absolute atomic E-state index is 0.276. The first kappa shape index (κ1) is 15.8. The van der Waals surface area contributed by atoms with Crippen LogP contribution < -0.4 is 4.74 Å². The van der Waals surface area contributed by atoms with Gasteiger partial charge in [0.2, 0.25) is 0 Å². The standard InChI is InChI=1S/C19H18N2O3/c1-15(22)23-12-16-2-4-17(5-3-16)13-24-19-8-6-18(7-9-19)21-11-10-20-14-21/h2-11,14H,12-13H2,1H3. The molecule has 0 saturated carbocycles. The lowest BCUT2D eigenvalue weighted by Gasteiger charge is -2.08. The van der Waals surface area contributed by atoms with Crippen LogP contribution in [0.25, 0.3) is 5.69 Å². The molecule has 3 rings (SSSR count). The Morgan fingerprint density at radius 3 is 2.25 bits per heavy atom. The highest BCUT2D eigenvalue weighted by atomic mass is 16.5. The van der Waals surface area contributed by atoms with Crippen molar-refractivity contribution in [1.29, 1.82) is 0 Å². The summed E-state index contributed by atoms with van der Waals surface area (Å²) < 4.78 is 12.7. The molecule has 0 atom stereocenters. The van der Waals surface area contributed by atoms with Crippen LogP contribution in [0.1, 0.15) is 18.1 Å². The molecule has 1 aromatic heterocycles. The molecular weight excluding hydrogens is 304 g/mol. The lowest BCUT2D eigenvalue weighted by atomic mass is 10.1. The molecule has 0 spiro atoms. The fourth-order valence-corrected chi connectivity index (χ4v) is 2.21. The van der Waals surface area contributed by atoms with Crippen molar-refractivity contribution in [3.8, 4) is 11.4 Å². The molecule has 0 aliphatic heterocycles. The predicted octanol–water partition coefficient (Wildman–Crippen LogP) is 3.51. The van der Waals surface area contributed by atoms with Gasteiger partial charge >= 0.3 is 5.97 Å². The lowest BCUT2D eigenvalue weighted by molar-refractivity contribution is -0.142. The van der Waals surface area contributed by atoms with E-state index in [0.717, 1.165) is 22.6 Å². The minimum atomic E-state index is -0.276. The summed E-state index contributed by atoms with van der Waals surface area (Å²) in [6, 6.07) is 15.7. The zero-order chi connectivity index (χ0) is 16.8. The van der Waals surface area contributed by atoms with Gasteiger partial charge in [-0.05, 0) is 35.4 Å². The van der Waals surface area contributed by atoms with Crippen LogP contribution in [0.4, 0.5) is 0 Å². The summed E-state index contributed by atoms with van der Waals surface area (Å²) in [5, 5.41) is 0. The Morgan fingerprint density at radius 1 is 1.00 bits per heavy atom. The third kappa shape index (κ3) is 4.23. The summed E-state index contributed by atoms with van der Waals surface area (Å²) >= 11 is 0. The van der Waals surface area contributed by atoms with E-state index in [2.05, 4.69) is 4.98 Å². The molecular formula is C19H18N2O3. The summed E-state index contributed by atoms with van der Waals surface area (Å²) in [4.78, 5) is 14.8. The number of carbonyl (C=O) groups is 1. The number of nitrogens with zero attached hydrogens (tertiary/aromatic N) is 2. The van der Waals surface area contributed by atoms with Crippen molar-refractivity contribution in [1.82, 2.24) is 9.55 Å². The van der Waals surface area contributed by atoms with Crippen LogP contribution in [0.3, 0.4) is 0 Å². The van der Waals surface area contributed by atoms with Crippen molar-refractivity contribution in [2.75, 3.05) is 0 Å². The van der Waals surface area contributed by atoms with Gasteiger partial charge < -0.3 is 14.0 Å². The number of benzene rings is 2. The molecule has 1 heterocycles. The molecule has 2 aromatic carbocycles. The molecule has 0 aliphatic carbocycles.